The Bertz CT molecular complexity index is 2770. The molecule has 0 atom stereocenters. The van der Waals surface area contributed by atoms with Crippen LogP contribution in [0.2, 0.25) is 0 Å². The van der Waals surface area contributed by atoms with E-state index < -0.39 is 17.8 Å². The molecule has 3 aliphatic rings. The largest absolute Gasteiger partial charge is 0.449 e. The number of aliphatic imine (C=N–C) groups is 2. The van der Waals surface area contributed by atoms with Crippen molar-refractivity contribution >= 4 is 54.2 Å². The molecule has 4 aromatic rings. The van der Waals surface area contributed by atoms with Crippen LogP contribution >= 0.6 is 0 Å². The lowest BCUT2D eigenvalue weighted by molar-refractivity contribution is -0.127. The van der Waals surface area contributed by atoms with E-state index in [1.807, 2.05) is 68.1 Å². The molecule has 2 aliphatic heterocycles. The Morgan fingerprint density at radius 1 is 0.847 bits per heavy atom. The first-order chi connectivity index (χ1) is 34.6. The Labute approximate surface area is 422 Å². The molecule has 0 saturated carbocycles. The molecule has 0 aromatic heterocycles. The second-order valence-corrected chi connectivity index (χ2v) is 19.2. The highest BCUT2D eigenvalue weighted by molar-refractivity contribution is 6.09. The average molecular weight is 975 g/mol. The van der Waals surface area contributed by atoms with Crippen molar-refractivity contribution in [3.63, 3.8) is 0 Å². The summed E-state index contributed by atoms with van der Waals surface area (Å²) in [4.78, 5) is 79.2. The predicted molar refractivity (Wildman–Crippen MR) is 282 cm³/mol. The summed E-state index contributed by atoms with van der Waals surface area (Å²) in [6.07, 6.45) is 4.80. The van der Waals surface area contributed by atoms with Gasteiger partial charge in [0, 0.05) is 98.2 Å². The number of hydrogen-bond donors (Lipinski definition) is 4. The maximum atomic E-state index is 13.8. The second kappa shape index (κ2) is 24.0. The zero-order valence-electron chi connectivity index (χ0n) is 42.2. The normalized spacial score (nSPS) is 14.6. The average Bonchev–Trinajstić information content (AvgIpc) is 3.55. The fourth-order valence-electron chi connectivity index (χ4n) is 9.14. The number of carbonyl (C=O) groups is 5. The summed E-state index contributed by atoms with van der Waals surface area (Å²) in [7, 11) is 0. The van der Waals surface area contributed by atoms with E-state index in [9.17, 15) is 24.0 Å². The summed E-state index contributed by atoms with van der Waals surface area (Å²) >= 11 is 0. The monoisotopic (exact) mass is 975 g/mol. The summed E-state index contributed by atoms with van der Waals surface area (Å²) in [5, 5.41) is 11.4. The van der Waals surface area contributed by atoms with Crippen molar-refractivity contribution in [2.45, 2.75) is 85.3 Å². The van der Waals surface area contributed by atoms with Gasteiger partial charge in [-0.1, -0.05) is 80.6 Å². The number of allylic oxidation sites excluding steroid dienone is 1. The molecule has 2 heterocycles. The molecule has 0 saturated heterocycles. The Hall–Kier alpha value is -7.65. The number of amidine groups is 1. The Morgan fingerprint density at radius 3 is 2.15 bits per heavy atom. The van der Waals surface area contributed by atoms with Crippen LogP contribution in [0.25, 0.3) is 17.2 Å². The molecule has 0 unspecified atom stereocenters. The van der Waals surface area contributed by atoms with Crippen LogP contribution in [-0.2, 0) is 20.8 Å². The minimum atomic E-state index is -0.749. The maximum absolute atomic E-state index is 13.8. The standard InChI is InChI=1S/C57H66N8O7/c1-8-27-65(28-9-2)54(68)42-31-40-22-23-41(32-50(40)62-51(33-42)63-56(70)72-57(4,5)6)53(67)61-37(3)30-43-35-64(29-24-49(43)58-7)34-38-18-20-39(21-19-38)52(66)59-25-26-60-55(69)71-36-48-46-16-12-10-14-44(46)45-15-11-13-17-47(45)48/h10-23,30-32,48H,7-9,24-29,33-36H2,1-6H3,(H,59,66)(H,60,69)(H,61,67)(H,62,63,70)/b37-30+. The molecule has 0 radical (unpaired) electrons. The van der Waals surface area contributed by atoms with E-state index >= 15 is 0 Å². The number of nitrogens with one attached hydrogen (secondary N) is 4. The number of alkyl carbamates (subject to hydrolysis) is 2. The first-order valence-corrected chi connectivity index (χ1v) is 24.7. The SMILES string of the molecule is C=NC1=C(/C=C(\C)NC(=O)c2ccc3c(c2)N=C(NC(=O)OC(C)(C)C)CC(C(=O)N(CCC)CCC)=C3)CN(Cc2ccc(C(=O)NCCNC(=O)OCC3c4ccccc4-c4ccccc43)cc2)CC1. The van der Waals surface area contributed by atoms with E-state index in [2.05, 4.69) is 62.1 Å². The molecule has 4 aromatic carbocycles. The van der Waals surface area contributed by atoms with E-state index in [1.165, 1.54) is 0 Å². The van der Waals surface area contributed by atoms with Gasteiger partial charge in [-0.3, -0.25) is 29.6 Å². The zero-order chi connectivity index (χ0) is 51.4. The van der Waals surface area contributed by atoms with Crippen LogP contribution in [0.5, 0.6) is 0 Å². The van der Waals surface area contributed by atoms with Crippen LogP contribution < -0.4 is 21.3 Å². The molecular weight excluding hydrogens is 909 g/mol. The van der Waals surface area contributed by atoms with Gasteiger partial charge >= 0.3 is 12.2 Å². The molecule has 4 N–H and O–H groups in total. The quantitative estimate of drug-likeness (QED) is 0.0596. The maximum Gasteiger partial charge on any atom is 0.413 e. The van der Waals surface area contributed by atoms with Gasteiger partial charge in [0.1, 0.15) is 18.0 Å². The molecule has 0 fully saturated rings. The molecule has 15 heteroatoms. The third kappa shape index (κ3) is 13.6. The number of nitrogens with zero attached hydrogens (tertiary/aromatic N) is 4. The number of fused-ring (bicyclic) bond motifs is 4. The second-order valence-electron chi connectivity index (χ2n) is 19.2. The zero-order valence-corrected chi connectivity index (χ0v) is 42.2. The molecule has 15 nitrogen and oxygen atoms in total. The van der Waals surface area contributed by atoms with Crippen molar-refractivity contribution in [1.82, 2.24) is 31.1 Å². The van der Waals surface area contributed by atoms with Crippen molar-refractivity contribution in [2.24, 2.45) is 9.98 Å². The van der Waals surface area contributed by atoms with E-state index in [1.54, 1.807) is 57.2 Å². The fourth-order valence-corrected chi connectivity index (χ4v) is 9.14. The lowest BCUT2D eigenvalue weighted by Crippen LogP contribution is -2.38. The van der Waals surface area contributed by atoms with E-state index in [0.29, 0.717) is 66.2 Å². The van der Waals surface area contributed by atoms with Crippen molar-refractivity contribution in [2.75, 3.05) is 45.9 Å². The van der Waals surface area contributed by atoms with Gasteiger partial charge in [0.2, 0.25) is 5.91 Å². The van der Waals surface area contributed by atoms with Crippen molar-refractivity contribution < 1.29 is 33.4 Å². The number of benzene rings is 4. The first-order valence-electron chi connectivity index (χ1n) is 24.7. The van der Waals surface area contributed by atoms with E-state index in [0.717, 1.165) is 58.5 Å². The molecule has 1 aliphatic carbocycles. The minimum Gasteiger partial charge on any atom is -0.449 e. The Morgan fingerprint density at radius 2 is 1.50 bits per heavy atom. The molecule has 376 valence electrons. The minimum absolute atomic E-state index is 0.0351. The van der Waals surface area contributed by atoms with Gasteiger partial charge in [-0.05, 0) is 117 Å². The molecule has 0 spiro atoms. The molecule has 7 rings (SSSR count). The van der Waals surface area contributed by atoms with Crippen molar-refractivity contribution in [3.05, 3.63) is 153 Å². The summed E-state index contributed by atoms with van der Waals surface area (Å²) in [6.45, 7) is 18.8. The number of rotatable bonds is 17. The van der Waals surface area contributed by atoms with Gasteiger partial charge in [-0.15, -0.1) is 0 Å². The van der Waals surface area contributed by atoms with Gasteiger partial charge in [-0.2, -0.15) is 0 Å². The molecule has 5 amide bonds. The molecular formula is C57H66N8O7. The van der Waals surface area contributed by atoms with Gasteiger partial charge < -0.3 is 30.3 Å². The highest BCUT2D eigenvalue weighted by atomic mass is 16.6. The van der Waals surface area contributed by atoms with Crippen LogP contribution in [0.4, 0.5) is 15.3 Å². The van der Waals surface area contributed by atoms with Gasteiger partial charge in [0.25, 0.3) is 11.8 Å². The van der Waals surface area contributed by atoms with Crippen LogP contribution in [0.1, 0.15) is 116 Å². The van der Waals surface area contributed by atoms with Gasteiger partial charge in [-0.25, -0.2) is 14.6 Å². The van der Waals surface area contributed by atoms with Crippen LogP contribution in [0.15, 0.2) is 130 Å². The van der Waals surface area contributed by atoms with E-state index in [-0.39, 0.29) is 55.6 Å². The van der Waals surface area contributed by atoms with Crippen molar-refractivity contribution in [3.8, 4) is 11.1 Å². The van der Waals surface area contributed by atoms with Crippen LogP contribution in [-0.4, -0.2) is 104 Å². The summed E-state index contributed by atoms with van der Waals surface area (Å²) in [5.41, 5.74) is 9.62. The number of ether oxygens (including phenoxy) is 2. The summed E-state index contributed by atoms with van der Waals surface area (Å²) < 4.78 is 11.1. The Balaban J connectivity index is 0.916. The first kappa shape index (κ1) is 52.2. The highest BCUT2D eigenvalue weighted by Crippen LogP contribution is 2.44. The summed E-state index contributed by atoms with van der Waals surface area (Å²) in [5.74, 6) is -0.541. The lowest BCUT2D eigenvalue weighted by Gasteiger charge is -2.28. The van der Waals surface area contributed by atoms with E-state index in [4.69, 9.17) is 14.5 Å². The molecule has 0 bridgehead atoms. The smallest absolute Gasteiger partial charge is 0.413 e. The predicted octanol–water partition coefficient (Wildman–Crippen LogP) is 9.44. The number of amides is 5. The summed E-state index contributed by atoms with van der Waals surface area (Å²) in [6, 6.07) is 28.9. The van der Waals surface area contributed by atoms with Crippen LogP contribution in [0.3, 0.4) is 0 Å². The van der Waals surface area contributed by atoms with Gasteiger partial charge in [0.05, 0.1) is 5.69 Å². The van der Waals surface area contributed by atoms with Crippen LogP contribution in [0, 0.1) is 0 Å². The van der Waals surface area contributed by atoms with Gasteiger partial charge in [0.15, 0.2) is 0 Å². The lowest BCUT2D eigenvalue weighted by atomic mass is 9.98. The highest BCUT2D eigenvalue weighted by Gasteiger charge is 2.30. The third-order valence-electron chi connectivity index (χ3n) is 12.4. The third-order valence-corrected chi connectivity index (χ3v) is 12.4. The molecule has 72 heavy (non-hydrogen) atoms. The van der Waals surface area contributed by atoms with Crippen molar-refractivity contribution in [1.29, 1.82) is 0 Å². The number of carbonyl (C=O) groups excluding carboxylic acids is 5. The number of hydrogen-bond acceptors (Lipinski definition) is 10. The fraction of sp³-hybridized carbons (Fsp3) is 0.351. The topological polar surface area (TPSA) is 183 Å². The Kier molecular flexibility index (Phi) is 17.4.